The summed E-state index contributed by atoms with van der Waals surface area (Å²) >= 11 is 0. The fourth-order valence-corrected chi connectivity index (χ4v) is 3.13. The molecular weight excluding hydrogens is 394 g/mol. The van der Waals surface area contributed by atoms with Crippen LogP contribution in [0.5, 0.6) is 0 Å². The van der Waals surface area contributed by atoms with Crippen molar-refractivity contribution in [2.24, 2.45) is 0 Å². The van der Waals surface area contributed by atoms with Crippen molar-refractivity contribution in [2.45, 2.75) is 6.92 Å². The molecular formula is C23H26N5O3+. The Bertz CT molecular complexity index is 1110. The lowest BCUT2D eigenvalue weighted by Gasteiger charge is -2.24. The van der Waals surface area contributed by atoms with Crippen LogP contribution in [0.4, 0.5) is 5.69 Å². The van der Waals surface area contributed by atoms with Crippen LogP contribution in [0.3, 0.4) is 0 Å². The van der Waals surface area contributed by atoms with Crippen LogP contribution in [0.1, 0.15) is 16.1 Å². The Morgan fingerprint density at radius 2 is 1.71 bits per heavy atom. The van der Waals surface area contributed by atoms with Gasteiger partial charge in [-0.05, 0) is 6.92 Å². The van der Waals surface area contributed by atoms with E-state index in [0.29, 0.717) is 39.4 Å². The third-order valence-electron chi connectivity index (χ3n) is 4.75. The summed E-state index contributed by atoms with van der Waals surface area (Å²) in [5.74, 6) is 0.162. The van der Waals surface area contributed by atoms with Crippen LogP contribution in [-0.4, -0.2) is 59.5 Å². The molecule has 0 radical (unpaired) electrons. The lowest BCUT2D eigenvalue weighted by Crippen LogP contribution is -2.42. The van der Waals surface area contributed by atoms with Crippen LogP contribution >= 0.6 is 0 Å². The molecule has 8 nitrogen and oxygen atoms in total. The van der Waals surface area contributed by atoms with E-state index in [4.69, 9.17) is 0 Å². The van der Waals surface area contributed by atoms with E-state index >= 15 is 0 Å². The molecule has 8 heteroatoms. The molecule has 0 aliphatic carbocycles. The first-order valence-corrected chi connectivity index (χ1v) is 9.93. The van der Waals surface area contributed by atoms with Crippen molar-refractivity contribution in [3.05, 3.63) is 76.0 Å². The molecule has 3 rings (SSSR count). The molecule has 0 fully saturated rings. The van der Waals surface area contributed by atoms with Gasteiger partial charge >= 0.3 is 0 Å². The number of nitro benzene ring substituents is 1. The van der Waals surface area contributed by atoms with Crippen LogP contribution in [0, 0.1) is 17.0 Å². The number of nitro groups is 1. The molecule has 1 N–H and O–H groups in total. The number of aromatic nitrogens is 2. The van der Waals surface area contributed by atoms with Gasteiger partial charge in [-0.3, -0.25) is 14.9 Å². The van der Waals surface area contributed by atoms with Gasteiger partial charge in [0.1, 0.15) is 0 Å². The monoisotopic (exact) mass is 420 g/mol. The summed E-state index contributed by atoms with van der Waals surface area (Å²) in [7, 11) is 6.14. The van der Waals surface area contributed by atoms with Gasteiger partial charge in [0.2, 0.25) is 0 Å². The van der Waals surface area contributed by atoms with E-state index in [1.807, 2.05) is 51.5 Å². The van der Waals surface area contributed by atoms with Crippen molar-refractivity contribution < 1.29 is 14.2 Å². The van der Waals surface area contributed by atoms with Gasteiger partial charge in [0.25, 0.3) is 11.6 Å². The number of hydrogen-bond donors (Lipinski definition) is 1. The Labute approximate surface area is 181 Å². The second-order valence-electron chi connectivity index (χ2n) is 8.30. The molecule has 0 spiro atoms. The number of carbonyl (C=O) groups excluding carboxylic acids is 1. The van der Waals surface area contributed by atoms with Gasteiger partial charge < -0.3 is 9.80 Å². The largest absolute Gasteiger partial charge is 0.346 e. The minimum atomic E-state index is -0.462. The van der Waals surface area contributed by atoms with Crippen LogP contribution in [0.2, 0.25) is 0 Å². The fourth-order valence-electron chi connectivity index (χ4n) is 3.13. The number of nitrogens with one attached hydrogen (secondary N) is 1. The summed E-state index contributed by atoms with van der Waals surface area (Å²) in [6, 6.07) is 15.6. The van der Waals surface area contributed by atoms with E-state index in [2.05, 4.69) is 15.3 Å². The summed E-state index contributed by atoms with van der Waals surface area (Å²) < 4.78 is 0.709. The first-order chi connectivity index (χ1) is 14.7. The maximum Gasteiger partial charge on any atom is 0.270 e. The minimum absolute atomic E-state index is 0.0635. The van der Waals surface area contributed by atoms with Gasteiger partial charge in [0, 0.05) is 23.3 Å². The van der Waals surface area contributed by atoms with Crippen molar-refractivity contribution in [2.75, 3.05) is 34.2 Å². The number of amides is 1. The number of non-ortho nitro benzene ring substituents is 1. The Morgan fingerprint density at radius 3 is 2.35 bits per heavy atom. The van der Waals surface area contributed by atoms with Gasteiger partial charge in [-0.1, -0.05) is 42.5 Å². The molecule has 160 valence electrons. The Morgan fingerprint density at radius 1 is 1.03 bits per heavy atom. The van der Waals surface area contributed by atoms with Gasteiger partial charge in [0.05, 0.1) is 56.1 Å². The van der Waals surface area contributed by atoms with Crippen LogP contribution in [0.15, 0.2) is 54.6 Å². The molecule has 3 aromatic rings. The standard InChI is InChI=1S/C23H25N5O3/c1-16-20(23(29)24-13-14-28(2,3)4)21(18-11-8-12-19(15-18)27(30)31)26-22(25-16)17-9-6-5-7-10-17/h5-12,15H,13-14H2,1-4H3/p+1. The Balaban J connectivity index is 2.10. The number of nitrogens with zero attached hydrogens (tertiary/aromatic N) is 4. The van der Waals surface area contributed by atoms with Gasteiger partial charge in [-0.15, -0.1) is 0 Å². The highest BCUT2D eigenvalue weighted by Crippen LogP contribution is 2.29. The van der Waals surface area contributed by atoms with E-state index in [1.54, 1.807) is 19.1 Å². The molecule has 0 saturated heterocycles. The average molecular weight is 420 g/mol. The van der Waals surface area contributed by atoms with Gasteiger partial charge in [-0.2, -0.15) is 0 Å². The number of aryl methyl sites for hydroxylation is 1. The summed E-state index contributed by atoms with van der Waals surface area (Å²) in [4.78, 5) is 33.1. The molecule has 0 aliphatic heterocycles. The highest BCUT2D eigenvalue weighted by molar-refractivity contribution is 6.01. The van der Waals surface area contributed by atoms with E-state index in [9.17, 15) is 14.9 Å². The molecule has 1 aromatic heterocycles. The summed E-state index contributed by atoms with van der Waals surface area (Å²) in [5, 5.41) is 14.2. The number of likely N-dealkylation sites (N-methyl/N-ethyl adjacent to an activating group) is 1. The first kappa shape index (κ1) is 22.0. The molecule has 0 bridgehead atoms. The van der Waals surface area contributed by atoms with Gasteiger partial charge in [0.15, 0.2) is 5.82 Å². The summed E-state index contributed by atoms with van der Waals surface area (Å²) in [6.07, 6.45) is 0. The van der Waals surface area contributed by atoms with E-state index < -0.39 is 4.92 Å². The van der Waals surface area contributed by atoms with Crippen LogP contribution in [-0.2, 0) is 0 Å². The predicted octanol–water partition coefficient (Wildman–Crippen LogP) is 3.46. The topological polar surface area (TPSA) is 98.0 Å². The number of carbonyl (C=O) groups is 1. The van der Waals surface area contributed by atoms with Gasteiger partial charge in [-0.25, -0.2) is 9.97 Å². The average Bonchev–Trinajstić information content (AvgIpc) is 2.72. The minimum Gasteiger partial charge on any atom is -0.346 e. The first-order valence-electron chi connectivity index (χ1n) is 9.93. The third kappa shape index (κ3) is 5.49. The second-order valence-corrected chi connectivity index (χ2v) is 8.30. The summed E-state index contributed by atoms with van der Waals surface area (Å²) in [5.41, 5.74) is 2.44. The zero-order chi connectivity index (χ0) is 22.6. The van der Waals surface area contributed by atoms with Crippen molar-refractivity contribution in [3.8, 4) is 22.6 Å². The molecule has 1 heterocycles. The SMILES string of the molecule is Cc1nc(-c2ccccc2)nc(-c2cccc([N+](=O)[O-])c2)c1C(=O)NCC[N+](C)(C)C. The number of hydrogen-bond acceptors (Lipinski definition) is 5. The quantitative estimate of drug-likeness (QED) is 0.359. The second kappa shape index (κ2) is 9.01. The molecule has 0 saturated carbocycles. The van der Waals surface area contributed by atoms with Crippen molar-refractivity contribution in [1.82, 2.24) is 15.3 Å². The highest BCUT2D eigenvalue weighted by atomic mass is 16.6. The van der Waals surface area contributed by atoms with Crippen molar-refractivity contribution in [3.63, 3.8) is 0 Å². The maximum absolute atomic E-state index is 13.1. The highest BCUT2D eigenvalue weighted by Gasteiger charge is 2.22. The predicted molar refractivity (Wildman–Crippen MR) is 120 cm³/mol. The molecule has 31 heavy (non-hydrogen) atoms. The summed E-state index contributed by atoms with van der Waals surface area (Å²) in [6.45, 7) is 2.99. The van der Waals surface area contributed by atoms with Crippen LogP contribution in [0.25, 0.3) is 22.6 Å². The molecule has 0 unspecified atom stereocenters. The Kier molecular flexibility index (Phi) is 6.41. The number of rotatable bonds is 7. The van der Waals surface area contributed by atoms with E-state index in [0.717, 1.165) is 12.1 Å². The van der Waals surface area contributed by atoms with E-state index in [-0.39, 0.29) is 11.6 Å². The molecule has 0 aliphatic rings. The normalized spacial score (nSPS) is 11.2. The van der Waals surface area contributed by atoms with Crippen LogP contribution < -0.4 is 5.32 Å². The fraction of sp³-hybridized carbons (Fsp3) is 0.261. The number of quaternary nitrogens is 1. The smallest absolute Gasteiger partial charge is 0.270 e. The molecule has 1 amide bonds. The zero-order valence-electron chi connectivity index (χ0n) is 18.1. The maximum atomic E-state index is 13.1. The molecule has 2 aromatic carbocycles. The lowest BCUT2D eigenvalue weighted by molar-refractivity contribution is -0.869. The lowest BCUT2D eigenvalue weighted by atomic mass is 10.0. The number of benzene rings is 2. The third-order valence-corrected chi connectivity index (χ3v) is 4.75. The molecule has 0 atom stereocenters. The Hall–Kier alpha value is -3.65. The van der Waals surface area contributed by atoms with E-state index in [1.165, 1.54) is 12.1 Å². The zero-order valence-corrected chi connectivity index (χ0v) is 18.1. The van der Waals surface area contributed by atoms with Crippen molar-refractivity contribution in [1.29, 1.82) is 0 Å². The van der Waals surface area contributed by atoms with Crippen molar-refractivity contribution >= 4 is 11.6 Å².